The lowest BCUT2D eigenvalue weighted by molar-refractivity contribution is -0.137. The van der Waals surface area contributed by atoms with Crippen LogP contribution in [0.15, 0.2) is 89.2 Å². The molecule has 1 atom stereocenters. The van der Waals surface area contributed by atoms with Gasteiger partial charge in [-0.25, -0.2) is 8.42 Å². The molecule has 0 spiro atoms. The summed E-state index contributed by atoms with van der Waals surface area (Å²) in [4.78, 5) is -0.246. The molecule has 0 amide bonds. The van der Waals surface area contributed by atoms with Crippen LogP contribution in [-0.4, -0.2) is 8.42 Å². The Morgan fingerprint density at radius 1 is 1.03 bits per heavy atom. The lowest BCUT2D eigenvalue weighted by Crippen LogP contribution is -2.39. The Hall–Kier alpha value is -4.23. The number of benzene rings is 3. The second kappa shape index (κ2) is 8.71. The van der Waals surface area contributed by atoms with E-state index in [9.17, 15) is 26.9 Å². The second-order valence-electron chi connectivity index (χ2n) is 8.75. The normalized spacial score (nSPS) is 18.6. The first-order valence-corrected chi connectivity index (χ1v) is 12.6. The van der Waals surface area contributed by atoms with Gasteiger partial charge in [0.25, 0.3) is 10.0 Å². The van der Waals surface area contributed by atoms with Crippen molar-refractivity contribution in [1.29, 1.82) is 5.26 Å². The Balaban J connectivity index is 1.72. The van der Waals surface area contributed by atoms with Crippen LogP contribution in [0.1, 0.15) is 33.7 Å². The molecular weight excluding hydrogens is 503 g/mol. The predicted molar refractivity (Wildman–Crippen MR) is 132 cm³/mol. The van der Waals surface area contributed by atoms with Crippen molar-refractivity contribution >= 4 is 21.5 Å². The monoisotopic (exact) mass is 523 g/mol. The van der Waals surface area contributed by atoms with Gasteiger partial charge in [-0.1, -0.05) is 54.1 Å². The fourth-order valence-electron chi connectivity index (χ4n) is 4.54. The third-order valence-electron chi connectivity index (χ3n) is 6.38. The van der Waals surface area contributed by atoms with E-state index in [1.807, 2.05) is 37.3 Å². The van der Waals surface area contributed by atoms with Crippen molar-refractivity contribution in [3.8, 4) is 6.07 Å². The lowest BCUT2D eigenvalue weighted by atomic mass is 9.88. The van der Waals surface area contributed by atoms with E-state index in [1.54, 1.807) is 24.3 Å². The molecule has 6 nitrogen and oxygen atoms in total. The Labute approximate surface area is 211 Å². The van der Waals surface area contributed by atoms with Crippen LogP contribution in [0.4, 0.5) is 18.9 Å². The number of allylic oxidation sites excluding steroid dienone is 2. The molecule has 0 saturated heterocycles. The van der Waals surface area contributed by atoms with Gasteiger partial charge >= 0.3 is 6.18 Å². The molecule has 0 aromatic heterocycles. The van der Waals surface area contributed by atoms with Crippen molar-refractivity contribution < 1.29 is 26.3 Å². The van der Waals surface area contributed by atoms with Crippen LogP contribution in [0.3, 0.4) is 0 Å². The number of nitrogens with zero attached hydrogens (tertiary/aromatic N) is 2. The van der Waals surface area contributed by atoms with Crippen molar-refractivity contribution in [2.24, 2.45) is 5.73 Å². The number of fused-ring (bicyclic) bond motifs is 2. The van der Waals surface area contributed by atoms with E-state index in [2.05, 4.69) is 0 Å². The van der Waals surface area contributed by atoms with Gasteiger partial charge in [0.2, 0.25) is 5.88 Å². The summed E-state index contributed by atoms with van der Waals surface area (Å²) in [6.07, 6.45) is -4.58. The molecule has 188 valence electrons. The smallest absolute Gasteiger partial charge is 0.416 e. The number of nitriles is 1. The first-order valence-electron chi connectivity index (χ1n) is 11.2. The van der Waals surface area contributed by atoms with E-state index >= 15 is 0 Å². The van der Waals surface area contributed by atoms with E-state index in [0.29, 0.717) is 11.3 Å². The number of hydrogen-bond acceptors (Lipinski definition) is 5. The lowest BCUT2D eigenvalue weighted by Gasteiger charge is -2.38. The van der Waals surface area contributed by atoms with Gasteiger partial charge in [-0.15, -0.1) is 0 Å². The van der Waals surface area contributed by atoms with E-state index < -0.39 is 27.7 Å². The maximum Gasteiger partial charge on any atom is 0.416 e. The highest BCUT2D eigenvalue weighted by molar-refractivity contribution is 7.96. The quantitative estimate of drug-likeness (QED) is 0.486. The van der Waals surface area contributed by atoms with E-state index in [1.165, 1.54) is 4.31 Å². The summed E-state index contributed by atoms with van der Waals surface area (Å²) < 4.78 is 74.9. The molecule has 3 aromatic carbocycles. The van der Waals surface area contributed by atoms with Gasteiger partial charge in [-0.05, 0) is 42.3 Å². The summed E-state index contributed by atoms with van der Waals surface area (Å²) in [6, 6.07) is 20.0. The Morgan fingerprint density at radius 2 is 1.68 bits per heavy atom. The van der Waals surface area contributed by atoms with Crippen molar-refractivity contribution in [2.45, 2.75) is 25.6 Å². The maximum absolute atomic E-state index is 14.2. The number of anilines is 1. The zero-order valence-corrected chi connectivity index (χ0v) is 20.3. The summed E-state index contributed by atoms with van der Waals surface area (Å²) in [5, 5.41) is 9.88. The van der Waals surface area contributed by atoms with Crippen molar-refractivity contribution in [1.82, 2.24) is 0 Å². The molecule has 2 heterocycles. The number of para-hydroxylation sites is 1. The van der Waals surface area contributed by atoms with E-state index in [0.717, 1.165) is 35.4 Å². The second-order valence-corrected chi connectivity index (χ2v) is 10.6. The molecule has 0 fully saturated rings. The molecule has 2 N–H and O–H groups in total. The molecule has 2 aliphatic rings. The van der Waals surface area contributed by atoms with Crippen LogP contribution < -0.4 is 10.0 Å². The van der Waals surface area contributed by atoms with Crippen LogP contribution in [0.25, 0.3) is 5.76 Å². The van der Waals surface area contributed by atoms with Crippen molar-refractivity contribution in [2.75, 3.05) is 4.31 Å². The molecule has 10 heteroatoms. The first kappa shape index (κ1) is 24.5. The van der Waals surface area contributed by atoms with Crippen molar-refractivity contribution in [3.05, 3.63) is 117 Å². The maximum atomic E-state index is 14.2. The fraction of sp³-hybridized carbons (Fsp3) is 0.148. The zero-order valence-electron chi connectivity index (χ0n) is 19.5. The minimum absolute atomic E-state index is 0.00276. The summed E-state index contributed by atoms with van der Waals surface area (Å²) in [5.41, 5.74) is 7.67. The number of ether oxygens (including phenoxy) is 1. The van der Waals surface area contributed by atoms with E-state index in [4.69, 9.17) is 10.5 Å². The molecule has 0 radical (unpaired) electrons. The summed E-state index contributed by atoms with van der Waals surface area (Å²) >= 11 is 0. The Kier molecular flexibility index (Phi) is 5.76. The van der Waals surface area contributed by atoms with Crippen LogP contribution in [0.2, 0.25) is 0 Å². The molecular formula is C27H20F3N3O3S. The number of hydrogen-bond donors (Lipinski definition) is 1. The first-order chi connectivity index (χ1) is 17.5. The molecule has 5 rings (SSSR count). The standard InChI is InChI=1S/C27H20F3N3O3S/c1-16-6-8-17(9-7-16)15-33-22-5-3-2-4-20(22)24-25(37(33,34)35)23(21(14-31)26(32)36-24)18-10-12-19(13-11-18)27(28,29)30/h2-13,23H,15,32H2,1H3/t23-/m0/s1. The van der Waals surface area contributed by atoms with Crippen LogP contribution in [0, 0.1) is 18.3 Å². The number of halogens is 3. The molecule has 3 aromatic rings. The summed E-state index contributed by atoms with van der Waals surface area (Å²) in [7, 11) is -4.32. The van der Waals surface area contributed by atoms with Gasteiger partial charge in [-0.3, -0.25) is 4.31 Å². The molecule has 0 bridgehead atoms. The zero-order chi connectivity index (χ0) is 26.5. The minimum atomic E-state index is -4.58. The highest BCUT2D eigenvalue weighted by atomic mass is 32.2. The molecule has 37 heavy (non-hydrogen) atoms. The van der Waals surface area contributed by atoms with Gasteiger partial charge in [-0.2, -0.15) is 18.4 Å². The average molecular weight is 524 g/mol. The van der Waals surface area contributed by atoms with Gasteiger partial charge in [0, 0.05) is 5.56 Å². The van der Waals surface area contributed by atoms with Crippen LogP contribution in [-0.2, 0) is 27.5 Å². The fourth-order valence-corrected chi connectivity index (χ4v) is 6.45. The number of nitrogens with two attached hydrogens (primary N) is 1. The topological polar surface area (TPSA) is 96.4 Å². The molecule has 0 saturated carbocycles. The predicted octanol–water partition coefficient (Wildman–Crippen LogP) is 5.54. The van der Waals surface area contributed by atoms with Crippen molar-refractivity contribution in [3.63, 3.8) is 0 Å². The third kappa shape index (κ3) is 4.11. The summed E-state index contributed by atoms with van der Waals surface area (Å²) in [6.45, 7) is 1.92. The van der Waals surface area contributed by atoms with Gasteiger partial charge in [0.15, 0.2) is 5.76 Å². The summed E-state index contributed by atoms with van der Waals surface area (Å²) in [5.74, 6) is -1.60. The Morgan fingerprint density at radius 3 is 2.30 bits per heavy atom. The number of aryl methyl sites for hydroxylation is 1. The average Bonchev–Trinajstić information content (AvgIpc) is 2.86. The van der Waals surface area contributed by atoms with Crippen LogP contribution in [0.5, 0.6) is 0 Å². The SMILES string of the molecule is Cc1ccc(CN2c3ccccc3C3=C([C@@H](c4ccc(C(F)(F)F)cc4)C(C#N)=C(N)O3)S2(=O)=O)cc1. The molecule has 0 unspecified atom stereocenters. The Bertz CT molecular complexity index is 1600. The number of rotatable bonds is 3. The minimum Gasteiger partial charge on any atom is -0.439 e. The molecule has 2 aliphatic heterocycles. The largest absolute Gasteiger partial charge is 0.439 e. The highest BCUT2D eigenvalue weighted by Gasteiger charge is 2.47. The number of alkyl halides is 3. The van der Waals surface area contributed by atoms with Gasteiger partial charge in [0.05, 0.1) is 23.7 Å². The highest BCUT2D eigenvalue weighted by Crippen LogP contribution is 2.51. The third-order valence-corrected chi connectivity index (χ3v) is 8.26. The van der Waals surface area contributed by atoms with Gasteiger partial charge in [0.1, 0.15) is 16.5 Å². The van der Waals surface area contributed by atoms with Gasteiger partial charge < -0.3 is 10.5 Å². The number of sulfonamides is 1. The van der Waals surface area contributed by atoms with E-state index in [-0.39, 0.29) is 34.2 Å². The van der Waals surface area contributed by atoms with Crippen LogP contribution >= 0.6 is 0 Å². The molecule has 0 aliphatic carbocycles.